The number of aliphatic hydroxyl groups is 1. The topological polar surface area (TPSA) is 67.5 Å². The average Bonchev–Trinajstić information content (AvgIpc) is 2.65. The highest BCUT2D eigenvalue weighted by molar-refractivity contribution is 5.67. The summed E-state index contributed by atoms with van der Waals surface area (Å²) in [4.78, 5) is 0. The first-order chi connectivity index (χ1) is 8.44. The van der Waals surface area contributed by atoms with Crippen molar-refractivity contribution >= 4 is 11.4 Å². The molecule has 1 heterocycles. The molecule has 0 spiro atoms. The van der Waals surface area contributed by atoms with Gasteiger partial charge in [0.15, 0.2) is 11.6 Å². The molecule has 0 aromatic heterocycles. The van der Waals surface area contributed by atoms with Gasteiger partial charge in [-0.2, -0.15) is 0 Å². The molecular weight excluding hydrogens is 242 g/mol. The van der Waals surface area contributed by atoms with Crippen LogP contribution in [0.2, 0.25) is 0 Å². The van der Waals surface area contributed by atoms with Crippen LogP contribution in [0.4, 0.5) is 20.2 Å². The summed E-state index contributed by atoms with van der Waals surface area (Å²) in [6, 6.07) is 2.24. The molecule has 1 aliphatic heterocycles. The van der Waals surface area contributed by atoms with Crippen LogP contribution in [0.1, 0.15) is 13.3 Å². The molecule has 1 saturated heterocycles. The molecular formula is C12H16F2N2O2. The van der Waals surface area contributed by atoms with Crippen LogP contribution < -0.4 is 11.1 Å². The van der Waals surface area contributed by atoms with Gasteiger partial charge in [-0.3, -0.25) is 0 Å². The number of nitrogens with one attached hydrogen (secondary N) is 1. The van der Waals surface area contributed by atoms with Crippen molar-refractivity contribution in [1.29, 1.82) is 0 Å². The summed E-state index contributed by atoms with van der Waals surface area (Å²) in [6.45, 7) is 2.24. The zero-order chi connectivity index (χ0) is 13.3. The van der Waals surface area contributed by atoms with Crippen molar-refractivity contribution in [2.24, 2.45) is 0 Å². The van der Waals surface area contributed by atoms with Gasteiger partial charge in [-0.1, -0.05) is 0 Å². The number of nitrogens with two attached hydrogens (primary N) is 1. The molecule has 4 nitrogen and oxygen atoms in total. The van der Waals surface area contributed by atoms with Crippen molar-refractivity contribution in [2.45, 2.75) is 25.0 Å². The number of halogens is 2. The lowest BCUT2D eigenvalue weighted by molar-refractivity contribution is -0.0176. The number of rotatable bonds is 3. The van der Waals surface area contributed by atoms with E-state index in [2.05, 4.69) is 5.32 Å². The molecule has 0 amide bonds. The van der Waals surface area contributed by atoms with Crippen LogP contribution >= 0.6 is 0 Å². The van der Waals surface area contributed by atoms with E-state index in [1.54, 1.807) is 6.92 Å². The second-order valence-corrected chi connectivity index (χ2v) is 4.55. The van der Waals surface area contributed by atoms with E-state index in [-0.39, 0.29) is 24.0 Å². The van der Waals surface area contributed by atoms with Crippen LogP contribution in [0, 0.1) is 11.6 Å². The molecule has 0 saturated carbocycles. The quantitative estimate of drug-likeness (QED) is 0.719. The number of benzene rings is 1. The summed E-state index contributed by atoms with van der Waals surface area (Å²) in [6.07, 6.45) is 0.0840. The largest absolute Gasteiger partial charge is 0.397 e. The molecule has 1 fully saturated rings. The average molecular weight is 258 g/mol. The lowest BCUT2D eigenvalue weighted by Crippen LogP contribution is -2.43. The van der Waals surface area contributed by atoms with Gasteiger partial charge in [0.05, 0.1) is 17.5 Å². The SMILES string of the molecule is CC1OCCC1(O)CNc1c(N)ccc(F)c1F. The second kappa shape index (κ2) is 4.70. The van der Waals surface area contributed by atoms with Gasteiger partial charge in [-0.25, -0.2) is 8.78 Å². The van der Waals surface area contributed by atoms with E-state index in [0.29, 0.717) is 13.0 Å². The maximum Gasteiger partial charge on any atom is 0.183 e. The molecule has 1 aromatic carbocycles. The monoisotopic (exact) mass is 258 g/mol. The Balaban J connectivity index is 2.13. The zero-order valence-corrected chi connectivity index (χ0v) is 10.0. The molecule has 0 bridgehead atoms. The first kappa shape index (κ1) is 13.0. The summed E-state index contributed by atoms with van der Waals surface area (Å²) in [7, 11) is 0. The minimum Gasteiger partial charge on any atom is -0.397 e. The van der Waals surface area contributed by atoms with Crippen LogP contribution in [-0.2, 0) is 4.74 Å². The van der Waals surface area contributed by atoms with E-state index in [1.807, 2.05) is 0 Å². The molecule has 1 aliphatic rings. The van der Waals surface area contributed by atoms with Crippen LogP contribution in [0.5, 0.6) is 0 Å². The van der Waals surface area contributed by atoms with Gasteiger partial charge < -0.3 is 20.9 Å². The van der Waals surface area contributed by atoms with Crippen LogP contribution in [-0.4, -0.2) is 30.0 Å². The molecule has 1 aromatic rings. The molecule has 0 radical (unpaired) electrons. The zero-order valence-electron chi connectivity index (χ0n) is 10.0. The van der Waals surface area contributed by atoms with Crippen LogP contribution in [0.25, 0.3) is 0 Å². The number of hydrogen-bond acceptors (Lipinski definition) is 4. The number of hydrogen-bond donors (Lipinski definition) is 3. The van der Waals surface area contributed by atoms with E-state index >= 15 is 0 Å². The molecule has 0 aliphatic carbocycles. The minimum absolute atomic E-state index is 0.0543. The number of ether oxygens (including phenoxy) is 1. The van der Waals surface area contributed by atoms with E-state index in [0.717, 1.165) is 6.07 Å². The summed E-state index contributed by atoms with van der Waals surface area (Å²) >= 11 is 0. The smallest absolute Gasteiger partial charge is 0.183 e. The summed E-state index contributed by atoms with van der Waals surface area (Å²) < 4.78 is 31.9. The third kappa shape index (κ3) is 2.26. The molecule has 6 heteroatoms. The third-order valence-corrected chi connectivity index (χ3v) is 3.36. The molecule has 18 heavy (non-hydrogen) atoms. The standard InChI is InChI=1S/C12H16F2N2O2/c1-7-12(17,4-5-18-7)6-16-11-9(15)3-2-8(13)10(11)14/h2-3,7,16-17H,4-6,15H2,1H3. The summed E-state index contributed by atoms with van der Waals surface area (Å²) in [5.74, 6) is -2.01. The minimum atomic E-state index is -1.09. The predicted molar refractivity (Wildman–Crippen MR) is 64.2 cm³/mol. The Morgan fingerprint density at radius 2 is 2.28 bits per heavy atom. The van der Waals surface area contributed by atoms with Crippen molar-refractivity contribution in [2.75, 3.05) is 24.2 Å². The Morgan fingerprint density at radius 3 is 2.89 bits per heavy atom. The molecule has 4 N–H and O–H groups in total. The first-order valence-electron chi connectivity index (χ1n) is 5.75. The van der Waals surface area contributed by atoms with Crippen molar-refractivity contribution in [3.05, 3.63) is 23.8 Å². The van der Waals surface area contributed by atoms with Gasteiger partial charge in [-0.15, -0.1) is 0 Å². The lowest BCUT2D eigenvalue weighted by Gasteiger charge is -2.27. The maximum atomic E-state index is 13.5. The Bertz CT molecular complexity index is 456. The maximum absolute atomic E-state index is 13.5. The Hall–Kier alpha value is -1.40. The fourth-order valence-corrected chi connectivity index (χ4v) is 1.99. The highest BCUT2D eigenvalue weighted by Gasteiger charge is 2.39. The van der Waals surface area contributed by atoms with Crippen molar-refractivity contribution < 1.29 is 18.6 Å². The van der Waals surface area contributed by atoms with Crippen LogP contribution in [0.3, 0.4) is 0 Å². The normalized spacial score (nSPS) is 27.4. The Kier molecular flexibility index (Phi) is 3.41. The molecule has 2 rings (SSSR count). The first-order valence-corrected chi connectivity index (χ1v) is 5.75. The van der Waals surface area contributed by atoms with E-state index < -0.39 is 17.2 Å². The van der Waals surface area contributed by atoms with E-state index in [9.17, 15) is 13.9 Å². The predicted octanol–water partition coefficient (Wildman–Crippen LogP) is 1.50. The summed E-state index contributed by atoms with van der Waals surface area (Å²) in [5.41, 5.74) is 4.46. The lowest BCUT2D eigenvalue weighted by atomic mass is 9.96. The van der Waals surface area contributed by atoms with Crippen LogP contribution in [0.15, 0.2) is 12.1 Å². The van der Waals surface area contributed by atoms with Gasteiger partial charge in [0.25, 0.3) is 0 Å². The molecule has 2 atom stereocenters. The fourth-order valence-electron chi connectivity index (χ4n) is 1.99. The van der Waals surface area contributed by atoms with Crippen molar-refractivity contribution in [1.82, 2.24) is 0 Å². The Morgan fingerprint density at radius 1 is 1.56 bits per heavy atom. The van der Waals surface area contributed by atoms with Gasteiger partial charge in [0.1, 0.15) is 5.60 Å². The Labute approximate surface area is 104 Å². The highest BCUT2D eigenvalue weighted by atomic mass is 19.2. The highest BCUT2D eigenvalue weighted by Crippen LogP contribution is 2.29. The van der Waals surface area contributed by atoms with Gasteiger partial charge >= 0.3 is 0 Å². The van der Waals surface area contributed by atoms with Crippen molar-refractivity contribution in [3.8, 4) is 0 Å². The number of anilines is 2. The summed E-state index contributed by atoms with van der Waals surface area (Å²) in [5, 5.41) is 12.9. The van der Waals surface area contributed by atoms with Gasteiger partial charge in [0.2, 0.25) is 0 Å². The number of nitrogen functional groups attached to an aromatic ring is 1. The van der Waals surface area contributed by atoms with Gasteiger partial charge in [-0.05, 0) is 19.1 Å². The van der Waals surface area contributed by atoms with E-state index in [1.165, 1.54) is 6.07 Å². The molecule has 2 unspecified atom stereocenters. The second-order valence-electron chi connectivity index (χ2n) is 4.55. The third-order valence-electron chi connectivity index (χ3n) is 3.36. The molecule has 100 valence electrons. The van der Waals surface area contributed by atoms with Crippen molar-refractivity contribution in [3.63, 3.8) is 0 Å². The van der Waals surface area contributed by atoms with Gasteiger partial charge in [0, 0.05) is 19.6 Å². The fraction of sp³-hybridized carbons (Fsp3) is 0.500. The van der Waals surface area contributed by atoms with E-state index in [4.69, 9.17) is 10.5 Å².